The molecule has 3 aromatic rings. The lowest BCUT2D eigenvalue weighted by Gasteiger charge is -2.34. The van der Waals surface area contributed by atoms with Gasteiger partial charge in [-0.2, -0.15) is 0 Å². The highest BCUT2D eigenvalue weighted by molar-refractivity contribution is 6.30. The van der Waals surface area contributed by atoms with Crippen LogP contribution in [0, 0.1) is 0 Å². The molecule has 3 aromatic carbocycles. The summed E-state index contributed by atoms with van der Waals surface area (Å²) in [5.41, 5.74) is 3.08. The summed E-state index contributed by atoms with van der Waals surface area (Å²) >= 11 is 12.1. The topological polar surface area (TPSA) is 82.0 Å². The number of halogens is 2. The predicted octanol–water partition coefficient (Wildman–Crippen LogP) is 6.09. The van der Waals surface area contributed by atoms with Gasteiger partial charge in [-0.05, 0) is 66.9 Å². The maximum Gasteiger partial charge on any atom is 0.257 e. The highest BCUT2D eigenvalue weighted by atomic mass is 35.5. The number of hydrogen-bond donors (Lipinski definition) is 2. The van der Waals surface area contributed by atoms with Gasteiger partial charge in [0.15, 0.2) is 0 Å². The highest BCUT2D eigenvalue weighted by Crippen LogP contribution is 2.38. The maximum atomic E-state index is 14.0. The monoisotopic (exact) mass is 481 g/mol. The van der Waals surface area contributed by atoms with E-state index in [4.69, 9.17) is 23.2 Å². The molecule has 2 N–H and O–H groups in total. The molecule has 1 aliphatic rings. The van der Waals surface area contributed by atoms with Gasteiger partial charge in [0.1, 0.15) is 6.04 Å². The molecular weight excluding hydrogens is 461 g/mol. The molecule has 0 saturated heterocycles. The van der Waals surface area contributed by atoms with E-state index in [1.807, 2.05) is 19.1 Å². The molecule has 33 heavy (non-hydrogen) atoms. The van der Waals surface area contributed by atoms with Crippen LogP contribution >= 0.6 is 23.2 Å². The van der Waals surface area contributed by atoms with E-state index < -0.39 is 12.1 Å². The molecule has 168 valence electrons. The normalized spacial score (nSPS) is 17.3. The summed E-state index contributed by atoms with van der Waals surface area (Å²) < 4.78 is 0. The minimum absolute atomic E-state index is 0.307. The molecule has 0 aromatic heterocycles. The van der Waals surface area contributed by atoms with Crippen molar-refractivity contribution in [1.29, 1.82) is 0 Å². The van der Waals surface area contributed by atoms with Crippen LogP contribution in [0.15, 0.2) is 71.9 Å². The van der Waals surface area contributed by atoms with Crippen molar-refractivity contribution in [1.82, 2.24) is 4.90 Å². The summed E-state index contributed by atoms with van der Waals surface area (Å²) in [4.78, 5) is 29.0. The lowest BCUT2D eigenvalue weighted by atomic mass is 9.98. The number of fused-ring (bicyclic) bond motifs is 1. The Kier molecular flexibility index (Phi) is 6.40. The first-order valence-electron chi connectivity index (χ1n) is 10.3. The molecule has 1 heterocycles. The van der Waals surface area contributed by atoms with Crippen molar-refractivity contribution < 1.29 is 14.8 Å². The minimum atomic E-state index is -0.899. The van der Waals surface area contributed by atoms with Crippen LogP contribution in [-0.2, 0) is 4.79 Å². The number of amides is 2. The molecule has 6 nitrogen and oxygen atoms in total. The van der Waals surface area contributed by atoms with Crippen molar-refractivity contribution in [2.75, 3.05) is 5.32 Å². The number of rotatable bonds is 4. The van der Waals surface area contributed by atoms with Crippen LogP contribution in [0.1, 0.15) is 53.0 Å². The van der Waals surface area contributed by atoms with E-state index in [0.29, 0.717) is 38.1 Å². The first-order valence-corrected chi connectivity index (χ1v) is 11.0. The van der Waals surface area contributed by atoms with E-state index in [-0.39, 0.29) is 11.8 Å². The molecule has 0 fully saturated rings. The van der Waals surface area contributed by atoms with Crippen molar-refractivity contribution >= 4 is 46.4 Å². The summed E-state index contributed by atoms with van der Waals surface area (Å²) in [6.45, 7) is 3.50. The standard InChI is InChI=1S/C25H21Cl2N3O3/c1-14(29-33)18-7-12-22-21(13-18)25(32)30(15(2)16-3-8-19(26)9-4-16)23(24(31)28-22)17-5-10-20(27)11-6-17/h3-13,15,23,33H,1-2H3,(H,28,31)/b29-14+/t15-,23+/m1/s1. The molecule has 4 rings (SSSR count). The zero-order valence-electron chi connectivity index (χ0n) is 17.9. The van der Waals surface area contributed by atoms with E-state index in [9.17, 15) is 14.8 Å². The third-order valence-electron chi connectivity index (χ3n) is 5.79. The fourth-order valence-corrected chi connectivity index (χ4v) is 4.21. The zero-order chi connectivity index (χ0) is 23.7. The summed E-state index contributed by atoms with van der Waals surface area (Å²) in [6, 6.07) is 17.6. The third kappa shape index (κ3) is 4.45. The first kappa shape index (κ1) is 22.8. The van der Waals surface area contributed by atoms with E-state index in [1.165, 1.54) is 0 Å². The van der Waals surface area contributed by atoms with Crippen molar-refractivity contribution in [3.05, 3.63) is 99.0 Å². The molecule has 0 aliphatic carbocycles. The Bertz CT molecular complexity index is 1240. The lowest BCUT2D eigenvalue weighted by Crippen LogP contribution is -2.40. The molecule has 0 spiro atoms. The zero-order valence-corrected chi connectivity index (χ0v) is 19.4. The third-order valence-corrected chi connectivity index (χ3v) is 6.30. The van der Waals surface area contributed by atoms with Crippen LogP contribution < -0.4 is 5.32 Å². The second-order valence-corrected chi connectivity index (χ2v) is 8.70. The Morgan fingerprint density at radius 2 is 1.61 bits per heavy atom. The fourth-order valence-electron chi connectivity index (χ4n) is 3.96. The number of carbonyl (C=O) groups is 2. The molecule has 2 atom stereocenters. The molecule has 0 bridgehead atoms. The lowest BCUT2D eigenvalue weighted by molar-refractivity contribution is -0.121. The van der Waals surface area contributed by atoms with Crippen molar-refractivity contribution in [3.63, 3.8) is 0 Å². The molecule has 8 heteroatoms. The Labute approximate surface area is 201 Å². The quantitative estimate of drug-likeness (QED) is 0.268. The summed E-state index contributed by atoms with van der Waals surface area (Å²) in [7, 11) is 0. The Hall–Kier alpha value is -3.35. The summed E-state index contributed by atoms with van der Waals surface area (Å²) in [5.74, 6) is -0.677. The average Bonchev–Trinajstić information content (AvgIpc) is 2.92. The Morgan fingerprint density at radius 1 is 1.00 bits per heavy atom. The van der Waals surface area contributed by atoms with E-state index >= 15 is 0 Å². The summed E-state index contributed by atoms with van der Waals surface area (Å²) in [6.07, 6.45) is 0. The predicted molar refractivity (Wildman–Crippen MR) is 129 cm³/mol. The smallest absolute Gasteiger partial charge is 0.257 e. The van der Waals surface area contributed by atoms with Crippen LogP contribution in [0.25, 0.3) is 0 Å². The van der Waals surface area contributed by atoms with E-state index in [1.54, 1.807) is 66.4 Å². The largest absolute Gasteiger partial charge is 0.411 e. The number of nitrogens with zero attached hydrogens (tertiary/aromatic N) is 2. The molecule has 1 aliphatic heterocycles. The molecular formula is C25H21Cl2N3O3. The maximum absolute atomic E-state index is 14.0. The number of nitrogens with one attached hydrogen (secondary N) is 1. The van der Waals surface area contributed by atoms with E-state index in [0.717, 1.165) is 5.56 Å². The average molecular weight is 482 g/mol. The van der Waals surface area contributed by atoms with Crippen molar-refractivity contribution in [2.45, 2.75) is 25.9 Å². The minimum Gasteiger partial charge on any atom is -0.411 e. The Morgan fingerprint density at radius 3 is 2.21 bits per heavy atom. The van der Waals surface area contributed by atoms with Crippen molar-refractivity contribution in [2.24, 2.45) is 5.16 Å². The van der Waals surface area contributed by atoms with Gasteiger partial charge in [-0.25, -0.2) is 0 Å². The van der Waals surface area contributed by atoms with Crippen LogP contribution in [0.3, 0.4) is 0 Å². The highest BCUT2D eigenvalue weighted by Gasteiger charge is 2.39. The van der Waals surface area contributed by atoms with Gasteiger partial charge in [-0.1, -0.05) is 58.7 Å². The van der Waals surface area contributed by atoms with E-state index in [2.05, 4.69) is 10.5 Å². The Balaban J connectivity index is 1.89. The van der Waals surface area contributed by atoms with Crippen LogP contribution in [0.4, 0.5) is 5.69 Å². The number of carbonyl (C=O) groups excluding carboxylic acids is 2. The van der Waals surface area contributed by atoms with Gasteiger partial charge >= 0.3 is 0 Å². The van der Waals surface area contributed by atoms with Gasteiger partial charge in [-0.3, -0.25) is 9.59 Å². The van der Waals surface area contributed by atoms with Gasteiger partial charge in [0.2, 0.25) is 0 Å². The van der Waals surface area contributed by atoms with Gasteiger partial charge in [0.25, 0.3) is 11.8 Å². The number of oxime groups is 1. The fraction of sp³-hybridized carbons (Fsp3) is 0.160. The second-order valence-electron chi connectivity index (χ2n) is 7.83. The second kappa shape index (κ2) is 9.25. The molecule has 2 amide bonds. The van der Waals surface area contributed by atoms with Crippen LogP contribution in [0.2, 0.25) is 10.0 Å². The first-order chi connectivity index (χ1) is 15.8. The molecule has 0 radical (unpaired) electrons. The molecule has 0 unspecified atom stereocenters. The van der Waals surface area contributed by atoms with Crippen LogP contribution in [-0.4, -0.2) is 27.6 Å². The van der Waals surface area contributed by atoms with Crippen molar-refractivity contribution in [3.8, 4) is 0 Å². The van der Waals surface area contributed by atoms with Crippen LogP contribution in [0.5, 0.6) is 0 Å². The summed E-state index contributed by atoms with van der Waals surface area (Å²) in [5, 5.41) is 16.4. The SMILES string of the molecule is C/C(=N\O)c1ccc2c(c1)C(=O)N([C@H](C)c1ccc(Cl)cc1)[C@@H](c1ccc(Cl)cc1)C(=O)N2. The van der Waals surface area contributed by atoms with Gasteiger partial charge < -0.3 is 15.4 Å². The number of hydrogen-bond acceptors (Lipinski definition) is 4. The van der Waals surface area contributed by atoms with Gasteiger partial charge in [0, 0.05) is 10.0 Å². The number of benzene rings is 3. The van der Waals surface area contributed by atoms with Gasteiger partial charge in [0.05, 0.1) is 23.0 Å². The van der Waals surface area contributed by atoms with Gasteiger partial charge in [-0.15, -0.1) is 0 Å². The molecule has 0 saturated carbocycles. The number of anilines is 1.